The molecular weight excluding hydrogens is 352 g/mol. The van der Waals surface area contributed by atoms with E-state index in [1.807, 2.05) is 6.92 Å². The third kappa shape index (κ3) is 5.93. The smallest absolute Gasteiger partial charge is 0.407 e. The van der Waals surface area contributed by atoms with Gasteiger partial charge < -0.3 is 26.2 Å². The predicted octanol–water partition coefficient (Wildman–Crippen LogP) is 0.202. The van der Waals surface area contributed by atoms with E-state index >= 15 is 0 Å². The van der Waals surface area contributed by atoms with Gasteiger partial charge in [0.05, 0.1) is 12.1 Å². The lowest BCUT2D eigenvalue weighted by Crippen LogP contribution is -2.60. The number of carboxylic acid groups (broad SMARTS) is 1. The lowest BCUT2D eigenvalue weighted by molar-refractivity contribution is -0.133. The van der Waals surface area contributed by atoms with Crippen molar-refractivity contribution in [1.29, 1.82) is 0 Å². The normalized spacial score (nSPS) is 29.2. The Hall–Kier alpha value is -2.13. The van der Waals surface area contributed by atoms with Crippen LogP contribution in [0.1, 0.15) is 39.5 Å². The maximum absolute atomic E-state index is 11.7. The van der Waals surface area contributed by atoms with Gasteiger partial charge in [0.1, 0.15) is 6.10 Å². The van der Waals surface area contributed by atoms with Crippen LogP contribution >= 0.6 is 0 Å². The maximum Gasteiger partial charge on any atom is 0.407 e. The van der Waals surface area contributed by atoms with Crippen LogP contribution in [0.4, 0.5) is 4.79 Å². The van der Waals surface area contributed by atoms with Gasteiger partial charge >= 0.3 is 12.1 Å². The first kappa shape index (κ1) is 21.2. The molecule has 4 atom stereocenters. The quantitative estimate of drug-likeness (QED) is 0.534. The fourth-order valence-corrected chi connectivity index (χ4v) is 3.77. The summed E-state index contributed by atoms with van der Waals surface area (Å²) in [5.41, 5.74) is 6.47. The second-order valence-corrected chi connectivity index (χ2v) is 7.11. The predicted molar refractivity (Wildman–Crippen MR) is 99.1 cm³/mol. The van der Waals surface area contributed by atoms with E-state index in [0.29, 0.717) is 26.1 Å². The SMILES string of the molecule is CCNC(=O)OC1CCCN([C@@H]2C=C(C(=O)O)C[C@H](N)[C@H]2NC(C)=O)CC1. The first-order chi connectivity index (χ1) is 12.8. The monoisotopic (exact) mass is 382 g/mol. The van der Waals surface area contributed by atoms with Gasteiger partial charge in [0, 0.05) is 31.6 Å². The van der Waals surface area contributed by atoms with Crippen molar-refractivity contribution in [1.82, 2.24) is 15.5 Å². The number of amides is 2. The molecule has 1 unspecified atom stereocenters. The fourth-order valence-electron chi connectivity index (χ4n) is 3.77. The molecule has 2 aliphatic rings. The van der Waals surface area contributed by atoms with E-state index in [1.165, 1.54) is 6.92 Å². The van der Waals surface area contributed by atoms with Gasteiger partial charge in [-0.15, -0.1) is 0 Å². The molecule has 1 heterocycles. The van der Waals surface area contributed by atoms with Crippen molar-refractivity contribution in [2.75, 3.05) is 19.6 Å². The van der Waals surface area contributed by atoms with Gasteiger partial charge in [0.25, 0.3) is 0 Å². The van der Waals surface area contributed by atoms with Crippen molar-refractivity contribution in [2.24, 2.45) is 5.73 Å². The van der Waals surface area contributed by atoms with Crippen LogP contribution in [-0.2, 0) is 14.3 Å². The third-order valence-corrected chi connectivity index (χ3v) is 5.03. The fraction of sp³-hybridized carbons (Fsp3) is 0.722. The molecule has 0 bridgehead atoms. The number of hydrogen-bond acceptors (Lipinski definition) is 6. The van der Waals surface area contributed by atoms with Gasteiger partial charge in [-0.1, -0.05) is 6.08 Å². The molecule has 27 heavy (non-hydrogen) atoms. The Morgan fingerprint density at radius 1 is 1.33 bits per heavy atom. The summed E-state index contributed by atoms with van der Waals surface area (Å²) in [6.07, 6.45) is 3.52. The first-order valence-corrected chi connectivity index (χ1v) is 9.47. The first-order valence-electron chi connectivity index (χ1n) is 9.47. The zero-order valence-electron chi connectivity index (χ0n) is 15.9. The average Bonchev–Trinajstić information content (AvgIpc) is 2.81. The van der Waals surface area contributed by atoms with Gasteiger partial charge in [0.2, 0.25) is 5.91 Å². The largest absolute Gasteiger partial charge is 0.478 e. The highest BCUT2D eigenvalue weighted by Gasteiger charge is 2.37. The van der Waals surface area contributed by atoms with Gasteiger partial charge in [-0.3, -0.25) is 9.69 Å². The van der Waals surface area contributed by atoms with Crippen LogP contribution in [0, 0.1) is 0 Å². The van der Waals surface area contributed by atoms with E-state index in [9.17, 15) is 19.5 Å². The molecule has 9 heteroatoms. The molecule has 1 saturated heterocycles. The summed E-state index contributed by atoms with van der Waals surface area (Å²) in [4.78, 5) is 36.9. The van der Waals surface area contributed by atoms with Gasteiger partial charge in [-0.2, -0.15) is 0 Å². The Labute approximate surface area is 159 Å². The van der Waals surface area contributed by atoms with Gasteiger partial charge in [0.15, 0.2) is 0 Å². The Morgan fingerprint density at radius 3 is 2.70 bits per heavy atom. The molecule has 2 amide bonds. The maximum atomic E-state index is 11.7. The van der Waals surface area contributed by atoms with Crippen LogP contribution in [0.25, 0.3) is 0 Å². The number of rotatable bonds is 5. The third-order valence-electron chi connectivity index (χ3n) is 5.03. The number of hydrogen-bond donors (Lipinski definition) is 4. The Bertz CT molecular complexity index is 594. The van der Waals surface area contributed by atoms with Crippen molar-refractivity contribution in [2.45, 2.75) is 63.8 Å². The summed E-state index contributed by atoms with van der Waals surface area (Å²) < 4.78 is 5.44. The van der Waals surface area contributed by atoms with Crippen LogP contribution < -0.4 is 16.4 Å². The summed E-state index contributed by atoms with van der Waals surface area (Å²) in [5, 5.41) is 14.9. The standard InChI is InChI=1S/C18H30N4O5/c1-3-20-18(26)27-13-5-4-7-22(8-6-13)15-10-12(17(24)25)9-14(19)16(15)21-11(2)23/h10,13-16H,3-9,19H2,1-2H3,(H,20,26)(H,21,23)(H,24,25)/t13?,14-,15+,16+/m0/s1. The molecule has 5 N–H and O–H groups in total. The Balaban J connectivity index is 2.11. The minimum atomic E-state index is -0.982. The minimum Gasteiger partial charge on any atom is -0.478 e. The number of nitrogens with one attached hydrogen (secondary N) is 2. The molecule has 0 spiro atoms. The number of carboxylic acids is 1. The number of nitrogens with zero attached hydrogens (tertiary/aromatic N) is 1. The van der Waals surface area contributed by atoms with Crippen molar-refractivity contribution in [3.63, 3.8) is 0 Å². The number of carbonyl (C=O) groups is 3. The highest BCUT2D eigenvalue weighted by molar-refractivity contribution is 5.87. The van der Waals surface area contributed by atoms with Crippen molar-refractivity contribution < 1.29 is 24.2 Å². The van der Waals surface area contributed by atoms with E-state index in [2.05, 4.69) is 15.5 Å². The molecule has 0 saturated carbocycles. The molecule has 2 rings (SSSR count). The second kappa shape index (κ2) is 9.70. The molecule has 9 nitrogen and oxygen atoms in total. The highest BCUT2D eigenvalue weighted by Crippen LogP contribution is 2.25. The van der Waals surface area contributed by atoms with Crippen molar-refractivity contribution in [3.05, 3.63) is 11.6 Å². The van der Waals surface area contributed by atoms with E-state index in [0.717, 1.165) is 12.8 Å². The number of nitrogens with two attached hydrogens (primary N) is 1. The zero-order chi connectivity index (χ0) is 20.0. The molecule has 0 aromatic heterocycles. The highest BCUT2D eigenvalue weighted by atomic mass is 16.6. The number of likely N-dealkylation sites (tertiary alicyclic amines) is 1. The number of ether oxygens (including phenoxy) is 1. The van der Waals surface area contributed by atoms with Crippen LogP contribution in [0.2, 0.25) is 0 Å². The van der Waals surface area contributed by atoms with Crippen LogP contribution in [0.15, 0.2) is 11.6 Å². The summed E-state index contributed by atoms with van der Waals surface area (Å²) >= 11 is 0. The lowest BCUT2D eigenvalue weighted by Gasteiger charge is -2.41. The summed E-state index contributed by atoms with van der Waals surface area (Å²) in [5.74, 6) is -1.18. The lowest BCUT2D eigenvalue weighted by atomic mass is 9.86. The minimum absolute atomic E-state index is 0.180. The molecule has 0 radical (unpaired) electrons. The van der Waals surface area contributed by atoms with Gasteiger partial charge in [-0.05, 0) is 39.2 Å². The van der Waals surface area contributed by atoms with Crippen molar-refractivity contribution in [3.8, 4) is 0 Å². The van der Waals surface area contributed by atoms with Crippen LogP contribution in [0.3, 0.4) is 0 Å². The molecular formula is C18H30N4O5. The summed E-state index contributed by atoms with van der Waals surface area (Å²) in [6, 6.07) is -1.13. The van der Waals surface area contributed by atoms with Crippen LogP contribution in [-0.4, -0.2) is 71.8 Å². The number of alkyl carbamates (subject to hydrolysis) is 1. The Morgan fingerprint density at radius 2 is 2.07 bits per heavy atom. The second-order valence-electron chi connectivity index (χ2n) is 7.11. The van der Waals surface area contributed by atoms with Crippen molar-refractivity contribution >= 4 is 18.0 Å². The zero-order valence-corrected chi connectivity index (χ0v) is 15.9. The molecule has 1 aliphatic carbocycles. The molecule has 1 aliphatic heterocycles. The Kier molecular flexibility index (Phi) is 7.61. The molecule has 0 aromatic carbocycles. The molecule has 0 aromatic rings. The van der Waals surface area contributed by atoms with Gasteiger partial charge in [-0.25, -0.2) is 9.59 Å². The average molecular weight is 382 g/mol. The summed E-state index contributed by atoms with van der Waals surface area (Å²) in [6.45, 7) is 5.11. The summed E-state index contributed by atoms with van der Waals surface area (Å²) in [7, 11) is 0. The number of aliphatic carboxylic acids is 1. The van der Waals surface area contributed by atoms with E-state index in [4.69, 9.17) is 10.5 Å². The van der Waals surface area contributed by atoms with E-state index < -0.39 is 18.1 Å². The molecule has 152 valence electrons. The van der Waals surface area contributed by atoms with E-state index in [-0.39, 0.29) is 36.1 Å². The molecule has 1 fully saturated rings. The van der Waals surface area contributed by atoms with E-state index in [1.54, 1.807) is 6.08 Å². The number of carbonyl (C=O) groups excluding carboxylic acids is 2. The topological polar surface area (TPSA) is 134 Å². The van der Waals surface area contributed by atoms with Crippen LogP contribution in [0.5, 0.6) is 0 Å².